The van der Waals surface area contributed by atoms with Crippen LogP contribution in [0, 0.1) is 10.1 Å². The Morgan fingerprint density at radius 1 is 1.67 bits per heavy atom. The molecule has 0 aliphatic rings. The van der Waals surface area contributed by atoms with Gasteiger partial charge in [0.1, 0.15) is 0 Å². The summed E-state index contributed by atoms with van der Waals surface area (Å²) < 4.78 is 4.55. The molecule has 0 heterocycles. The van der Waals surface area contributed by atoms with Crippen molar-refractivity contribution in [1.29, 1.82) is 0 Å². The first-order chi connectivity index (χ1) is 7.02. The lowest BCUT2D eigenvalue weighted by molar-refractivity contribution is -0.511. The van der Waals surface area contributed by atoms with Crippen LogP contribution >= 0.6 is 0 Å². The van der Waals surface area contributed by atoms with Gasteiger partial charge in [-0.15, -0.1) is 0 Å². The van der Waals surface area contributed by atoms with Crippen molar-refractivity contribution in [3.63, 3.8) is 0 Å². The van der Waals surface area contributed by atoms with Crippen LogP contribution in [0.15, 0.2) is 5.16 Å². The molecule has 0 aliphatic heterocycles. The molecule has 7 nitrogen and oxygen atoms in total. The second kappa shape index (κ2) is 6.74. The van der Waals surface area contributed by atoms with Gasteiger partial charge in [-0.05, 0) is 20.3 Å². The van der Waals surface area contributed by atoms with Gasteiger partial charge in [-0.3, -0.25) is 10.1 Å². The fourth-order valence-corrected chi connectivity index (χ4v) is 0.943. The predicted octanol–water partition coefficient (Wildman–Crippen LogP) is 0.825. The Morgan fingerprint density at radius 2 is 2.27 bits per heavy atom. The molecule has 7 heteroatoms. The van der Waals surface area contributed by atoms with Crippen molar-refractivity contribution in [2.75, 3.05) is 6.61 Å². The van der Waals surface area contributed by atoms with E-state index >= 15 is 0 Å². The minimum atomic E-state index is -1.39. The Hall–Kier alpha value is -1.66. The van der Waals surface area contributed by atoms with Gasteiger partial charge >= 0.3 is 12.0 Å². The van der Waals surface area contributed by atoms with E-state index in [4.69, 9.17) is 5.21 Å². The van der Waals surface area contributed by atoms with Crippen molar-refractivity contribution in [3.8, 4) is 0 Å². The average molecular weight is 218 g/mol. The molecule has 0 saturated heterocycles. The lowest BCUT2D eigenvalue weighted by Crippen LogP contribution is -2.31. The van der Waals surface area contributed by atoms with E-state index in [0.717, 1.165) is 0 Å². The molecule has 1 N–H and O–H groups in total. The number of ether oxygens (including phenoxy) is 1. The molecular formula is C8H14N2O5. The maximum Gasteiger partial charge on any atom is 0.381 e. The van der Waals surface area contributed by atoms with Crippen molar-refractivity contribution in [2.45, 2.75) is 32.7 Å². The molecule has 0 spiro atoms. The standard InChI is InChI=1S/C8H14N2O5/c1-3-15-8(11)7(10(13)14)5-4-6(2)9-12/h7,12H,3-5H2,1-2H3/b9-6+. The van der Waals surface area contributed by atoms with Crippen LogP contribution in [0.5, 0.6) is 0 Å². The van der Waals surface area contributed by atoms with Crippen LogP contribution in [0.3, 0.4) is 0 Å². The monoisotopic (exact) mass is 218 g/mol. The number of oxime groups is 1. The Morgan fingerprint density at radius 3 is 2.67 bits per heavy atom. The molecule has 0 rings (SSSR count). The van der Waals surface area contributed by atoms with Crippen molar-refractivity contribution >= 4 is 11.7 Å². The second-order valence-corrected chi connectivity index (χ2v) is 2.93. The number of nitrogens with zero attached hydrogens (tertiary/aromatic N) is 2. The van der Waals surface area contributed by atoms with Gasteiger partial charge in [-0.1, -0.05) is 5.16 Å². The number of rotatable bonds is 6. The molecule has 0 aromatic heterocycles. The third kappa shape index (κ3) is 4.94. The summed E-state index contributed by atoms with van der Waals surface area (Å²) in [7, 11) is 0. The van der Waals surface area contributed by atoms with Crippen LogP contribution in [0.1, 0.15) is 26.7 Å². The first kappa shape index (κ1) is 13.3. The number of carbonyl (C=O) groups excluding carboxylic acids is 1. The number of esters is 1. The zero-order chi connectivity index (χ0) is 11.8. The molecule has 0 bridgehead atoms. The van der Waals surface area contributed by atoms with Gasteiger partial charge in [0.15, 0.2) is 0 Å². The van der Waals surface area contributed by atoms with Crippen LogP contribution in [0.25, 0.3) is 0 Å². The minimum absolute atomic E-state index is 0.0261. The average Bonchev–Trinajstić information content (AvgIpc) is 2.17. The highest BCUT2D eigenvalue weighted by atomic mass is 16.6. The summed E-state index contributed by atoms with van der Waals surface area (Å²) in [6.45, 7) is 3.20. The van der Waals surface area contributed by atoms with Gasteiger partial charge in [0.05, 0.1) is 12.3 Å². The molecule has 86 valence electrons. The van der Waals surface area contributed by atoms with E-state index in [1.807, 2.05) is 0 Å². The minimum Gasteiger partial charge on any atom is -0.461 e. The molecule has 1 unspecified atom stereocenters. The van der Waals surface area contributed by atoms with E-state index in [1.54, 1.807) is 6.92 Å². The van der Waals surface area contributed by atoms with Crippen molar-refractivity contribution in [2.24, 2.45) is 5.16 Å². The maximum atomic E-state index is 11.1. The third-order valence-corrected chi connectivity index (χ3v) is 1.76. The third-order valence-electron chi connectivity index (χ3n) is 1.76. The van der Waals surface area contributed by atoms with E-state index < -0.39 is 16.9 Å². The summed E-state index contributed by atoms with van der Waals surface area (Å²) in [5, 5.41) is 21.7. The van der Waals surface area contributed by atoms with Gasteiger partial charge < -0.3 is 9.94 Å². The van der Waals surface area contributed by atoms with Gasteiger partial charge in [-0.2, -0.15) is 0 Å². The number of hydrogen-bond donors (Lipinski definition) is 1. The molecule has 0 amide bonds. The smallest absolute Gasteiger partial charge is 0.381 e. The molecule has 1 atom stereocenters. The van der Waals surface area contributed by atoms with Crippen LogP contribution in [0.2, 0.25) is 0 Å². The summed E-state index contributed by atoms with van der Waals surface area (Å²) in [6.07, 6.45) is 0.155. The first-order valence-electron chi connectivity index (χ1n) is 4.50. The summed E-state index contributed by atoms with van der Waals surface area (Å²) in [5.41, 5.74) is 0.339. The van der Waals surface area contributed by atoms with E-state index in [-0.39, 0.29) is 19.4 Å². The van der Waals surface area contributed by atoms with Crippen LogP contribution in [-0.2, 0) is 9.53 Å². The van der Waals surface area contributed by atoms with Crippen molar-refractivity contribution < 1.29 is 19.7 Å². The highest BCUT2D eigenvalue weighted by Gasteiger charge is 2.30. The zero-order valence-corrected chi connectivity index (χ0v) is 8.67. The van der Waals surface area contributed by atoms with Crippen LogP contribution < -0.4 is 0 Å². The Kier molecular flexibility index (Phi) is 6.00. The second-order valence-electron chi connectivity index (χ2n) is 2.93. The van der Waals surface area contributed by atoms with Crippen LogP contribution in [-0.4, -0.2) is 34.5 Å². The highest BCUT2D eigenvalue weighted by Crippen LogP contribution is 2.05. The number of hydrogen-bond acceptors (Lipinski definition) is 6. The fraction of sp³-hybridized carbons (Fsp3) is 0.750. The lowest BCUT2D eigenvalue weighted by Gasteiger charge is -2.07. The fourth-order valence-electron chi connectivity index (χ4n) is 0.943. The van der Waals surface area contributed by atoms with E-state index in [9.17, 15) is 14.9 Å². The normalized spacial score (nSPS) is 13.3. The maximum absolute atomic E-state index is 11.1. The summed E-state index contributed by atoms with van der Waals surface area (Å²) in [6, 6.07) is -1.39. The summed E-state index contributed by atoms with van der Waals surface area (Å²) in [4.78, 5) is 20.9. The lowest BCUT2D eigenvalue weighted by atomic mass is 10.1. The topological polar surface area (TPSA) is 102 Å². The summed E-state index contributed by atoms with van der Waals surface area (Å²) >= 11 is 0. The van der Waals surface area contributed by atoms with Gasteiger partial charge in [0, 0.05) is 11.3 Å². The molecule has 0 aromatic rings. The van der Waals surface area contributed by atoms with Gasteiger partial charge in [-0.25, -0.2) is 4.79 Å². The zero-order valence-electron chi connectivity index (χ0n) is 8.67. The Bertz CT molecular complexity index is 264. The molecule has 0 aromatic carbocycles. The van der Waals surface area contributed by atoms with E-state index in [1.165, 1.54) is 6.92 Å². The Labute approximate surface area is 86.9 Å². The van der Waals surface area contributed by atoms with Crippen molar-refractivity contribution in [3.05, 3.63) is 10.1 Å². The van der Waals surface area contributed by atoms with E-state index in [0.29, 0.717) is 5.71 Å². The molecule has 15 heavy (non-hydrogen) atoms. The van der Waals surface area contributed by atoms with Gasteiger partial charge in [0.25, 0.3) is 0 Å². The molecular weight excluding hydrogens is 204 g/mol. The quantitative estimate of drug-likeness (QED) is 0.234. The molecule has 0 aliphatic carbocycles. The number of nitro groups is 1. The highest BCUT2D eigenvalue weighted by molar-refractivity contribution is 5.82. The number of carbonyl (C=O) groups is 1. The largest absolute Gasteiger partial charge is 0.461 e. The van der Waals surface area contributed by atoms with Crippen molar-refractivity contribution in [1.82, 2.24) is 0 Å². The summed E-state index contributed by atoms with van der Waals surface area (Å²) in [5.74, 6) is -0.853. The Balaban J connectivity index is 4.29. The van der Waals surface area contributed by atoms with Crippen LogP contribution in [0.4, 0.5) is 0 Å². The molecule has 0 fully saturated rings. The molecule has 0 radical (unpaired) electrons. The first-order valence-corrected chi connectivity index (χ1v) is 4.50. The van der Waals surface area contributed by atoms with Gasteiger partial charge in [0.2, 0.25) is 0 Å². The SMILES string of the molecule is CCOC(=O)C(CC/C(C)=N/O)[N+](=O)[O-]. The van der Waals surface area contributed by atoms with E-state index in [2.05, 4.69) is 9.89 Å². The molecule has 0 saturated carbocycles. The predicted molar refractivity (Wildman–Crippen MR) is 51.5 cm³/mol.